The van der Waals surface area contributed by atoms with Gasteiger partial charge in [-0.1, -0.05) is 48.5 Å². The number of nitro benzene ring substituents is 1. The van der Waals surface area contributed by atoms with Crippen LogP contribution in [0.25, 0.3) is 0 Å². The maximum Gasteiger partial charge on any atom is 0.273 e. The Bertz CT molecular complexity index is 776. The van der Waals surface area contributed by atoms with E-state index in [-0.39, 0.29) is 24.1 Å². The molecule has 1 amide bonds. The highest BCUT2D eigenvalue weighted by Gasteiger charge is 2.22. The molecule has 1 aliphatic rings. The third kappa shape index (κ3) is 5.35. The molecular weight excluding hydrogens is 346 g/mol. The number of morpholine rings is 1. The molecule has 0 aromatic heterocycles. The normalized spacial score (nSPS) is 15.9. The van der Waals surface area contributed by atoms with E-state index in [1.54, 1.807) is 18.2 Å². The second-order valence-corrected chi connectivity index (χ2v) is 6.51. The van der Waals surface area contributed by atoms with E-state index in [4.69, 9.17) is 4.74 Å². The minimum atomic E-state index is -0.453. The second kappa shape index (κ2) is 9.25. The van der Waals surface area contributed by atoms with E-state index in [1.165, 1.54) is 6.07 Å². The number of nitrogens with zero attached hydrogens (tertiary/aromatic N) is 2. The lowest BCUT2D eigenvalue weighted by Gasteiger charge is -2.31. The summed E-state index contributed by atoms with van der Waals surface area (Å²) in [6, 6.07) is 16.0. The van der Waals surface area contributed by atoms with Gasteiger partial charge in [0.05, 0.1) is 30.6 Å². The van der Waals surface area contributed by atoms with Crippen molar-refractivity contribution in [3.63, 3.8) is 0 Å². The maximum absolute atomic E-state index is 12.6. The number of rotatable bonds is 7. The topological polar surface area (TPSA) is 84.7 Å². The van der Waals surface area contributed by atoms with Gasteiger partial charge in [0.1, 0.15) is 0 Å². The van der Waals surface area contributed by atoms with Crippen molar-refractivity contribution in [1.82, 2.24) is 10.2 Å². The van der Waals surface area contributed by atoms with E-state index in [2.05, 4.69) is 10.2 Å². The first-order valence-electron chi connectivity index (χ1n) is 9.00. The zero-order valence-corrected chi connectivity index (χ0v) is 15.0. The molecule has 1 fully saturated rings. The van der Waals surface area contributed by atoms with E-state index in [1.807, 2.05) is 30.3 Å². The number of nitro groups is 1. The Labute approximate surface area is 158 Å². The van der Waals surface area contributed by atoms with Crippen molar-refractivity contribution in [1.29, 1.82) is 0 Å². The Morgan fingerprint density at radius 3 is 2.48 bits per heavy atom. The molecule has 1 unspecified atom stereocenters. The van der Waals surface area contributed by atoms with Crippen LogP contribution in [0.1, 0.15) is 17.2 Å². The number of carbonyl (C=O) groups is 1. The standard InChI is InChI=1S/C20H23N3O4/c24-20(14-17-8-4-5-9-19(17)23(25)26)21-18(16-6-2-1-3-7-16)15-22-10-12-27-13-11-22/h1-9,18H,10-15H2,(H,21,24). The summed E-state index contributed by atoms with van der Waals surface area (Å²) in [5.74, 6) is -0.230. The molecule has 1 saturated heterocycles. The van der Waals surface area contributed by atoms with E-state index in [9.17, 15) is 14.9 Å². The summed E-state index contributed by atoms with van der Waals surface area (Å²) in [6.07, 6.45) is -0.0242. The van der Waals surface area contributed by atoms with Crippen molar-refractivity contribution in [2.75, 3.05) is 32.8 Å². The van der Waals surface area contributed by atoms with Crippen molar-refractivity contribution in [2.45, 2.75) is 12.5 Å². The average Bonchev–Trinajstić information content (AvgIpc) is 2.69. The molecule has 7 heteroatoms. The molecule has 2 aromatic carbocycles. The van der Waals surface area contributed by atoms with Gasteiger partial charge in [-0.05, 0) is 5.56 Å². The lowest BCUT2D eigenvalue weighted by molar-refractivity contribution is -0.385. The predicted octanol–water partition coefficient (Wildman–Crippen LogP) is 2.33. The minimum absolute atomic E-state index is 0.0242. The van der Waals surface area contributed by atoms with Gasteiger partial charge >= 0.3 is 0 Å². The highest BCUT2D eigenvalue weighted by atomic mass is 16.6. The van der Waals surface area contributed by atoms with Gasteiger partial charge in [0.25, 0.3) is 5.69 Å². The Kier molecular flexibility index (Phi) is 6.51. The van der Waals surface area contributed by atoms with Gasteiger partial charge in [0.15, 0.2) is 0 Å². The Morgan fingerprint density at radius 2 is 1.78 bits per heavy atom. The number of hydrogen-bond acceptors (Lipinski definition) is 5. The van der Waals surface area contributed by atoms with Crippen LogP contribution in [0.3, 0.4) is 0 Å². The number of ether oxygens (including phenoxy) is 1. The van der Waals surface area contributed by atoms with E-state index < -0.39 is 4.92 Å². The largest absolute Gasteiger partial charge is 0.379 e. The number of para-hydroxylation sites is 1. The van der Waals surface area contributed by atoms with Crippen molar-refractivity contribution in [2.24, 2.45) is 0 Å². The number of benzene rings is 2. The summed E-state index contributed by atoms with van der Waals surface area (Å²) >= 11 is 0. The lowest BCUT2D eigenvalue weighted by Crippen LogP contribution is -2.43. The Hall–Kier alpha value is -2.77. The Balaban J connectivity index is 1.71. The Morgan fingerprint density at radius 1 is 1.11 bits per heavy atom. The molecule has 0 aliphatic carbocycles. The molecule has 0 saturated carbocycles. The first-order valence-corrected chi connectivity index (χ1v) is 9.00. The van der Waals surface area contributed by atoms with E-state index in [0.29, 0.717) is 25.3 Å². The third-order valence-electron chi connectivity index (χ3n) is 4.62. The smallest absolute Gasteiger partial charge is 0.273 e. The van der Waals surface area contributed by atoms with Gasteiger partial charge in [0, 0.05) is 31.3 Å². The highest BCUT2D eigenvalue weighted by Crippen LogP contribution is 2.20. The molecule has 1 aliphatic heterocycles. The number of carbonyl (C=O) groups excluding carboxylic acids is 1. The van der Waals surface area contributed by atoms with Gasteiger partial charge in [-0.3, -0.25) is 19.8 Å². The van der Waals surface area contributed by atoms with E-state index >= 15 is 0 Å². The van der Waals surface area contributed by atoms with Gasteiger partial charge < -0.3 is 10.1 Å². The SMILES string of the molecule is O=C(Cc1ccccc1[N+](=O)[O-])NC(CN1CCOCC1)c1ccccc1. The van der Waals surface area contributed by atoms with Crippen LogP contribution in [-0.2, 0) is 16.0 Å². The van der Waals surface area contributed by atoms with Crippen LogP contribution >= 0.6 is 0 Å². The van der Waals surface area contributed by atoms with Crippen LogP contribution < -0.4 is 5.32 Å². The number of nitrogens with one attached hydrogen (secondary N) is 1. The van der Waals surface area contributed by atoms with Crippen molar-refractivity contribution in [3.8, 4) is 0 Å². The lowest BCUT2D eigenvalue weighted by atomic mass is 10.0. The molecule has 0 radical (unpaired) electrons. The number of amides is 1. The first-order chi connectivity index (χ1) is 13.1. The van der Waals surface area contributed by atoms with Gasteiger partial charge in [-0.25, -0.2) is 0 Å². The van der Waals surface area contributed by atoms with Crippen molar-refractivity contribution < 1.29 is 14.5 Å². The summed E-state index contributed by atoms with van der Waals surface area (Å²) < 4.78 is 5.39. The first kappa shape index (κ1) is 19.0. The monoisotopic (exact) mass is 369 g/mol. The van der Waals surface area contributed by atoms with E-state index in [0.717, 1.165) is 18.7 Å². The number of hydrogen-bond donors (Lipinski definition) is 1. The fourth-order valence-electron chi connectivity index (χ4n) is 3.22. The third-order valence-corrected chi connectivity index (χ3v) is 4.62. The summed E-state index contributed by atoms with van der Waals surface area (Å²) in [5.41, 5.74) is 1.40. The molecule has 1 heterocycles. The summed E-state index contributed by atoms with van der Waals surface area (Å²) in [5, 5.41) is 14.2. The maximum atomic E-state index is 12.6. The summed E-state index contributed by atoms with van der Waals surface area (Å²) in [7, 11) is 0. The quantitative estimate of drug-likeness (QED) is 0.598. The zero-order valence-electron chi connectivity index (χ0n) is 15.0. The highest BCUT2D eigenvalue weighted by molar-refractivity contribution is 5.80. The fraction of sp³-hybridized carbons (Fsp3) is 0.350. The van der Waals surface area contributed by atoms with Crippen LogP contribution in [-0.4, -0.2) is 48.6 Å². The molecule has 1 atom stereocenters. The molecule has 7 nitrogen and oxygen atoms in total. The summed E-state index contributed by atoms with van der Waals surface area (Å²) in [4.78, 5) is 25.6. The fourth-order valence-corrected chi connectivity index (χ4v) is 3.22. The molecule has 1 N–H and O–H groups in total. The van der Waals surface area contributed by atoms with Gasteiger partial charge in [-0.2, -0.15) is 0 Å². The van der Waals surface area contributed by atoms with Crippen LogP contribution in [0.4, 0.5) is 5.69 Å². The minimum Gasteiger partial charge on any atom is -0.379 e. The van der Waals surface area contributed by atoms with Crippen LogP contribution in [0.15, 0.2) is 54.6 Å². The van der Waals surface area contributed by atoms with Crippen LogP contribution in [0.2, 0.25) is 0 Å². The molecule has 2 aromatic rings. The van der Waals surface area contributed by atoms with Gasteiger partial charge in [0.2, 0.25) is 5.91 Å². The van der Waals surface area contributed by atoms with Crippen LogP contribution in [0.5, 0.6) is 0 Å². The predicted molar refractivity (Wildman–Crippen MR) is 101 cm³/mol. The summed E-state index contributed by atoms with van der Waals surface area (Å²) in [6.45, 7) is 3.69. The molecule has 27 heavy (non-hydrogen) atoms. The van der Waals surface area contributed by atoms with Crippen molar-refractivity contribution >= 4 is 11.6 Å². The molecule has 142 valence electrons. The molecule has 0 spiro atoms. The molecule has 3 rings (SSSR count). The molecule has 0 bridgehead atoms. The van der Waals surface area contributed by atoms with Crippen LogP contribution in [0, 0.1) is 10.1 Å². The zero-order chi connectivity index (χ0) is 19.1. The van der Waals surface area contributed by atoms with Gasteiger partial charge in [-0.15, -0.1) is 0 Å². The second-order valence-electron chi connectivity index (χ2n) is 6.51. The molecular formula is C20H23N3O4. The van der Waals surface area contributed by atoms with Crippen molar-refractivity contribution in [3.05, 3.63) is 75.8 Å². The average molecular weight is 369 g/mol.